The van der Waals surface area contributed by atoms with Crippen LogP contribution in [-0.4, -0.2) is 56.5 Å². The molecule has 0 spiro atoms. The summed E-state index contributed by atoms with van der Waals surface area (Å²) in [5.74, 6) is -2.12. The van der Waals surface area contributed by atoms with Crippen molar-refractivity contribution in [2.75, 3.05) is 36.5 Å². The van der Waals surface area contributed by atoms with Gasteiger partial charge >= 0.3 is 16.5 Å². The molecule has 0 radical (unpaired) electrons. The molecule has 2 heterocycles. The first-order chi connectivity index (χ1) is 21.7. The van der Waals surface area contributed by atoms with Crippen LogP contribution in [0.25, 0.3) is 11.3 Å². The van der Waals surface area contributed by atoms with Gasteiger partial charge in [0, 0.05) is 17.3 Å². The standard InChI is InChI=1S/C31H30F3N5O5S/c1-38-14-11-21(12-15-38)13-16-43-29-10-5-22(17-27(29)34)28-18-30(36-19-35-28)37-23-6-8-24(9-7-23)39(44-20-40)45(41,42)31-25(32)3-2-4-26(31)33/h2-10,17-21H,11-16H2,1H3,(H,35,36,37). The van der Waals surface area contributed by atoms with Crippen molar-refractivity contribution in [2.45, 2.75) is 24.2 Å². The highest BCUT2D eigenvalue weighted by Gasteiger charge is 2.33. The van der Waals surface area contributed by atoms with Gasteiger partial charge in [0.25, 0.3) is 0 Å². The minimum Gasteiger partial charge on any atom is -0.491 e. The molecule has 1 aliphatic rings. The van der Waals surface area contributed by atoms with Crippen LogP contribution in [0.1, 0.15) is 19.3 Å². The first kappa shape index (κ1) is 31.7. The average Bonchev–Trinajstić information content (AvgIpc) is 3.02. The van der Waals surface area contributed by atoms with E-state index in [1.807, 2.05) is 0 Å². The van der Waals surface area contributed by atoms with Gasteiger partial charge in [-0.2, -0.15) is 8.42 Å². The van der Waals surface area contributed by atoms with Gasteiger partial charge in [0.1, 0.15) is 23.8 Å². The Morgan fingerprint density at radius 2 is 1.69 bits per heavy atom. The molecular formula is C31H30F3N5O5S. The van der Waals surface area contributed by atoms with Crippen LogP contribution < -0.4 is 14.5 Å². The molecule has 0 bridgehead atoms. The lowest BCUT2D eigenvalue weighted by molar-refractivity contribution is -0.128. The molecule has 1 fully saturated rings. The van der Waals surface area contributed by atoms with E-state index in [1.165, 1.54) is 36.7 Å². The SMILES string of the molecule is CN1CCC(CCOc2ccc(-c3cc(Nc4ccc(N(OC=O)S(=O)(=O)c5c(F)cccc5F)cc4)ncn3)cc2F)CC1. The zero-order valence-corrected chi connectivity index (χ0v) is 25.0. The number of hydrogen-bond acceptors (Lipinski definition) is 9. The zero-order valence-electron chi connectivity index (χ0n) is 24.2. The Morgan fingerprint density at radius 3 is 2.36 bits per heavy atom. The molecule has 1 aromatic heterocycles. The number of aromatic nitrogens is 2. The van der Waals surface area contributed by atoms with Crippen LogP contribution in [-0.2, 0) is 19.7 Å². The lowest BCUT2D eigenvalue weighted by atomic mass is 9.94. The predicted molar refractivity (Wildman–Crippen MR) is 161 cm³/mol. The Morgan fingerprint density at radius 1 is 0.978 bits per heavy atom. The number of rotatable bonds is 12. The second-order valence-corrected chi connectivity index (χ2v) is 12.2. The fourth-order valence-electron chi connectivity index (χ4n) is 4.97. The molecule has 236 valence electrons. The van der Waals surface area contributed by atoms with E-state index in [-0.39, 0.29) is 22.4 Å². The van der Waals surface area contributed by atoms with Gasteiger partial charge in [-0.25, -0.2) is 23.1 Å². The number of benzene rings is 3. The van der Waals surface area contributed by atoms with Crippen LogP contribution in [0.2, 0.25) is 0 Å². The molecule has 0 saturated carbocycles. The quantitative estimate of drug-likeness (QED) is 0.154. The van der Waals surface area contributed by atoms with E-state index < -0.39 is 32.4 Å². The summed E-state index contributed by atoms with van der Waals surface area (Å²) in [6.07, 6.45) is 4.40. The molecule has 10 nitrogen and oxygen atoms in total. The number of carbonyl (C=O) groups is 1. The highest BCUT2D eigenvalue weighted by Crippen LogP contribution is 2.30. The number of likely N-dealkylation sites (tertiary alicyclic amines) is 1. The molecule has 45 heavy (non-hydrogen) atoms. The van der Waals surface area contributed by atoms with Gasteiger partial charge in [0.05, 0.1) is 18.0 Å². The minimum absolute atomic E-state index is 0.116. The summed E-state index contributed by atoms with van der Waals surface area (Å²) in [6.45, 7) is 2.39. The largest absolute Gasteiger partial charge is 0.491 e. The van der Waals surface area contributed by atoms with E-state index in [0.29, 0.717) is 35.3 Å². The summed E-state index contributed by atoms with van der Waals surface area (Å²) in [6, 6.07) is 14.1. The molecule has 0 aliphatic carbocycles. The van der Waals surface area contributed by atoms with Crippen molar-refractivity contribution in [3.8, 4) is 17.0 Å². The minimum atomic E-state index is -4.96. The van der Waals surface area contributed by atoms with Gasteiger partial charge in [-0.3, -0.25) is 4.79 Å². The Kier molecular flexibility index (Phi) is 9.83. The normalized spacial score (nSPS) is 14.1. The van der Waals surface area contributed by atoms with Crippen molar-refractivity contribution < 1.29 is 36.0 Å². The third-order valence-corrected chi connectivity index (χ3v) is 9.04. The molecule has 5 rings (SSSR count). The van der Waals surface area contributed by atoms with E-state index in [9.17, 15) is 26.4 Å². The summed E-state index contributed by atoms with van der Waals surface area (Å²) < 4.78 is 75.2. The van der Waals surface area contributed by atoms with Crippen LogP contribution in [0.15, 0.2) is 78.0 Å². The number of anilines is 3. The number of carbonyl (C=O) groups excluding carboxylic acids is 1. The van der Waals surface area contributed by atoms with E-state index in [1.54, 1.807) is 18.2 Å². The second kappa shape index (κ2) is 13.9. The fourth-order valence-corrected chi connectivity index (χ4v) is 6.31. The van der Waals surface area contributed by atoms with Gasteiger partial charge < -0.3 is 19.8 Å². The Bertz CT molecular complexity index is 1730. The van der Waals surface area contributed by atoms with E-state index in [2.05, 4.69) is 32.1 Å². The van der Waals surface area contributed by atoms with E-state index in [0.717, 1.165) is 50.6 Å². The van der Waals surface area contributed by atoms with Crippen molar-refractivity contribution in [2.24, 2.45) is 5.92 Å². The van der Waals surface area contributed by atoms with Crippen LogP contribution in [0.5, 0.6) is 5.75 Å². The Labute approximate surface area is 258 Å². The van der Waals surface area contributed by atoms with Gasteiger partial charge in [-0.1, -0.05) is 10.5 Å². The predicted octanol–water partition coefficient (Wildman–Crippen LogP) is 5.70. The van der Waals surface area contributed by atoms with Gasteiger partial charge in [0.2, 0.25) is 0 Å². The lowest BCUT2D eigenvalue weighted by Gasteiger charge is -2.28. The van der Waals surface area contributed by atoms with Crippen molar-refractivity contribution in [3.63, 3.8) is 0 Å². The average molecular weight is 642 g/mol. The number of nitrogens with one attached hydrogen (secondary N) is 1. The fraction of sp³-hybridized carbons (Fsp3) is 0.258. The summed E-state index contributed by atoms with van der Waals surface area (Å²) in [5, 5.41) is 3.02. The highest BCUT2D eigenvalue weighted by molar-refractivity contribution is 7.92. The Hall–Kier alpha value is -4.69. The lowest BCUT2D eigenvalue weighted by Crippen LogP contribution is -2.32. The molecule has 1 N–H and O–H groups in total. The molecule has 1 aliphatic heterocycles. The smallest absolute Gasteiger partial charge is 0.322 e. The third-order valence-electron chi connectivity index (χ3n) is 7.40. The van der Waals surface area contributed by atoms with Crippen molar-refractivity contribution in [3.05, 3.63) is 90.5 Å². The maximum atomic E-state index is 14.9. The number of piperidine rings is 1. The molecule has 0 unspecified atom stereocenters. The molecule has 0 atom stereocenters. The molecular weight excluding hydrogens is 611 g/mol. The number of ether oxygens (including phenoxy) is 1. The van der Waals surface area contributed by atoms with Gasteiger partial charge in [-0.05, 0) is 99.9 Å². The summed E-state index contributed by atoms with van der Waals surface area (Å²) in [5.41, 5.74) is 1.17. The van der Waals surface area contributed by atoms with Gasteiger partial charge in [0.15, 0.2) is 16.5 Å². The van der Waals surface area contributed by atoms with Crippen LogP contribution in [0, 0.1) is 23.4 Å². The number of nitrogens with zero attached hydrogens (tertiary/aromatic N) is 4. The van der Waals surface area contributed by atoms with E-state index >= 15 is 0 Å². The number of sulfonamides is 1. The van der Waals surface area contributed by atoms with Crippen LogP contribution >= 0.6 is 0 Å². The monoisotopic (exact) mass is 641 g/mol. The first-order valence-electron chi connectivity index (χ1n) is 14.1. The highest BCUT2D eigenvalue weighted by atomic mass is 32.2. The van der Waals surface area contributed by atoms with E-state index in [4.69, 9.17) is 4.74 Å². The van der Waals surface area contributed by atoms with Crippen molar-refractivity contribution in [1.82, 2.24) is 14.9 Å². The van der Waals surface area contributed by atoms with Crippen LogP contribution in [0.4, 0.5) is 30.4 Å². The molecule has 3 aromatic carbocycles. The van der Waals surface area contributed by atoms with Crippen molar-refractivity contribution in [1.29, 1.82) is 0 Å². The topological polar surface area (TPSA) is 114 Å². The van der Waals surface area contributed by atoms with Crippen LogP contribution in [0.3, 0.4) is 0 Å². The first-order valence-corrected chi connectivity index (χ1v) is 15.5. The summed E-state index contributed by atoms with van der Waals surface area (Å²) >= 11 is 0. The Balaban J connectivity index is 1.26. The zero-order chi connectivity index (χ0) is 32.0. The maximum Gasteiger partial charge on any atom is 0.322 e. The molecule has 14 heteroatoms. The number of halogens is 3. The molecule has 0 amide bonds. The molecule has 4 aromatic rings. The third kappa shape index (κ3) is 7.52. The number of hydrogen-bond donors (Lipinski definition) is 1. The summed E-state index contributed by atoms with van der Waals surface area (Å²) in [4.78, 5) is 25.1. The summed E-state index contributed by atoms with van der Waals surface area (Å²) in [7, 11) is -2.85. The second-order valence-electron chi connectivity index (χ2n) is 10.5. The maximum absolute atomic E-state index is 14.9. The van der Waals surface area contributed by atoms with Gasteiger partial charge in [-0.15, -0.1) is 0 Å². The van der Waals surface area contributed by atoms with Crippen molar-refractivity contribution >= 4 is 33.7 Å². The molecule has 1 saturated heterocycles.